The first-order chi connectivity index (χ1) is 11.6. The maximum Gasteiger partial charge on any atom is 0.287 e. The largest absolute Gasteiger partial charge is 0.451 e. The number of halogens is 1. The minimum atomic E-state index is -0.124. The highest BCUT2D eigenvalue weighted by Crippen LogP contribution is 2.32. The number of hydrogen-bond donors (Lipinski definition) is 1. The Kier molecular flexibility index (Phi) is 4.10. The van der Waals surface area contributed by atoms with Crippen molar-refractivity contribution in [3.63, 3.8) is 0 Å². The average Bonchev–Trinajstić information content (AvgIpc) is 3.07. The number of rotatable bonds is 3. The van der Waals surface area contributed by atoms with Crippen LogP contribution in [0.5, 0.6) is 0 Å². The summed E-state index contributed by atoms with van der Waals surface area (Å²) < 4.78 is 5.75. The zero-order valence-corrected chi connectivity index (χ0v) is 14.4. The standard InChI is InChI=1S/C19H21ClN2O2/c1-12-10-14-8-9-22(12)11-16(14)21-19(23)18-7-6-17(24-18)13-2-4-15(20)5-3-13/h2-7,12,14,16H,8-11H2,1H3,(H,21,23)/t12?,14?,16-/m0/s1. The summed E-state index contributed by atoms with van der Waals surface area (Å²) in [5.74, 6) is 1.50. The Morgan fingerprint density at radius 1 is 1.25 bits per heavy atom. The molecule has 0 spiro atoms. The lowest BCUT2D eigenvalue weighted by molar-refractivity contribution is 0.0269. The fourth-order valence-corrected chi connectivity index (χ4v) is 4.05. The van der Waals surface area contributed by atoms with E-state index in [1.807, 2.05) is 30.3 Å². The van der Waals surface area contributed by atoms with E-state index >= 15 is 0 Å². The maximum atomic E-state index is 12.5. The van der Waals surface area contributed by atoms with Gasteiger partial charge in [-0.1, -0.05) is 11.6 Å². The minimum absolute atomic E-state index is 0.124. The van der Waals surface area contributed by atoms with Crippen LogP contribution in [0.4, 0.5) is 0 Å². The molecule has 24 heavy (non-hydrogen) atoms. The SMILES string of the molecule is CC1CC2CCN1C[C@@H]2NC(=O)c1ccc(-c2ccc(Cl)cc2)o1. The van der Waals surface area contributed by atoms with Crippen molar-refractivity contribution in [1.29, 1.82) is 0 Å². The van der Waals surface area contributed by atoms with Gasteiger partial charge in [0, 0.05) is 29.2 Å². The van der Waals surface area contributed by atoms with Crippen LogP contribution in [0.15, 0.2) is 40.8 Å². The number of carbonyl (C=O) groups excluding carboxylic acids is 1. The first-order valence-electron chi connectivity index (χ1n) is 8.51. The number of piperidine rings is 3. The van der Waals surface area contributed by atoms with Gasteiger partial charge in [0.15, 0.2) is 5.76 Å². The van der Waals surface area contributed by atoms with Crippen molar-refractivity contribution in [2.45, 2.75) is 31.8 Å². The molecule has 3 aliphatic heterocycles. The van der Waals surface area contributed by atoms with E-state index in [0.717, 1.165) is 18.7 Å². The predicted molar refractivity (Wildman–Crippen MR) is 94.2 cm³/mol. The Morgan fingerprint density at radius 2 is 2.04 bits per heavy atom. The van der Waals surface area contributed by atoms with Gasteiger partial charge in [0.1, 0.15) is 5.76 Å². The van der Waals surface area contributed by atoms with E-state index in [-0.39, 0.29) is 11.9 Å². The highest BCUT2D eigenvalue weighted by atomic mass is 35.5. The molecule has 2 aromatic rings. The molecule has 5 rings (SSSR count). The van der Waals surface area contributed by atoms with Crippen molar-refractivity contribution in [3.05, 3.63) is 47.2 Å². The summed E-state index contributed by atoms with van der Waals surface area (Å²) in [5.41, 5.74) is 0.912. The number of benzene rings is 1. The summed E-state index contributed by atoms with van der Waals surface area (Å²) in [6.07, 6.45) is 2.34. The molecule has 0 radical (unpaired) electrons. The second-order valence-corrected chi connectivity index (χ2v) is 7.32. The van der Waals surface area contributed by atoms with Gasteiger partial charge in [-0.25, -0.2) is 0 Å². The number of nitrogens with zero attached hydrogens (tertiary/aromatic N) is 1. The maximum absolute atomic E-state index is 12.5. The molecule has 126 valence electrons. The number of furan rings is 1. The molecule has 4 heterocycles. The predicted octanol–water partition coefficient (Wildman–Crippen LogP) is 3.81. The molecule has 3 unspecified atom stereocenters. The number of amides is 1. The molecule has 1 aromatic heterocycles. The van der Waals surface area contributed by atoms with Gasteiger partial charge in [-0.15, -0.1) is 0 Å². The van der Waals surface area contributed by atoms with E-state index in [4.69, 9.17) is 16.0 Å². The lowest BCUT2D eigenvalue weighted by Gasteiger charge is -2.48. The summed E-state index contributed by atoms with van der Waals surface area (Å²) in [6, 6.07) is 11.8. The normalized spacial score (nSPS) is 28.8. The van der Waals surface area contributed by atoms with E-state index < -0.39 is 0 Å². The van der Waals surface area contributed by atoms with Crippen LogP contribution in [0.25, 0.3) is 11.3 Å². The molecule has 4 nitrogen and oxygen atoms in total. The smallest absolute Gasteiger partial charge is 0.287 e. The van der Waals surface area contributed by atoms with Crippen molar-refractivity contribution in [2.24, 2.45) is 5.92 Å². The van der Waals surface area contributed by atoms with Crippen molar-refractivity contribution in [1.82, 2.24) is 10.2 Å². The average molecular weight is 345 g/mol. The third-order valence-corrected chi connectivity index (χ3v) is 5.58. The van der Waals surface area contributed by atoms with Crippen molar-refractivity contribution < 1.29 is 9.21 Å². The van der Waals surface area contributed by atoms with Crippen molar-refractivity contribution in [2.75, 3.05) is 13.1 Å². The van der Waals surface area contributed by atoms with Gasteiger partial charge in [-0.2, -0.15) is 0 Å². The lowest BCUT2D eigenvalue weighted by atomic mass is 9.80. The van der Waals surface area contributed by atoms with Gasteiger partial charge in [-0.05, 0) is 68.6 Å². The van der Waals surface area contributed by atoms with Crippen LogP contribution in [0.3, 0.4) is 0 Å². The number of hydrogen-bond acceptors (Lipinski definition) is 3. The molecular formula is C19H21ClN2O2. The van der Waals surface area contributed by atoms with Gasteiger partial charge >= 0.3 is 0 Å². The van der Waals surface area contributed by atoms with Crippen LogP contribution in [-0.2, 0) is 0 Å². The van der Waals surface area contributed by atoms with Crippen LogP contribution in [0.1, 0.15) is 30.3 Å². The van der Waals surface area contributed by atoms with Crippen LogP contribution >= 0.6 is 11.6 Å². The zero-order valence-electron chi connectivity index (χ0n) is 13.7. The third-order valence-electron chi connectivity index (χ3n) is 5.33. The fourth-order valence-electron chi connectivity index (χ4n) is 3.93. The molecule has 1 N–H and O–H groups in total. The number of fused-ring (bicyclic) bond motifs is 3. The second kappa shape index (κ2) is 6.26. The van der Waals surface area contributed by atoms with E-state index in [9.17, 15) is 4.79 Å². The first kappa shape index (κ1) is 15.7. The molecule has 0 aliphatic carbocycles. The Hall–Kier alpha value is -1.78. The lowest BCUT2D eigenvalue weighted by Crippen LogP contribution is -2.60. The Balaban J connectivity index is 1.45. The summed E-state index contributed by atoms with van der Waals surface area (Å²) in [5, 5.41) is 3.85. The van der Waals surface area contributed by atoms with Gasteiger partial charge < -0.3 is 9.73 Å². The summed E-state index contributed by atoms with van der Waals surface area (Å²) >= 11 is 5.91. The molecule has 3 aliphatic rings. The molecule has 1 amide bonds. The summed E-state index contributed by atoms with van der Waals surface area (Å²) in [4.78, 5) is 15.0. The topological polar surface area (TPSA) is 45.5 Å². The van der Waals surface area contributed by atoms with E-state index in [2.05, 4.69) is 17.1 Å². The first-order valence-corrected chi connectivity index (χ1v) is 8.88. The molecule has 0 saturated carbocycles. The molecular weight excluding hydrogens is 324 g/mol. The van der Waals surface area contributed by atoms with E-state index in [1.165, 1.54) is 12.8 Å². The van der Waals surface area contributed by atoms with E-state index in [1.54, 1.807) is 6.07 Å². The summed E-state index contributed by atoms with van der Waals surface area (Å²) in [6.45, 7) is 4.37. The van der Waals surface area contributed by atoms with Crippen molar-refractivity contribution in [3.8, 4) is 11.3 Å². The van der Waals surface area contributed by atoms with Gasteiger partial charge in [-0.3, -0.25) is 9.69 Å². The highest BCUT2D eigenvalue weighted by Gasteiger charge is 2.39. The Labute approximate surface area is 146 Å². The van der Waals surface area contributed by atoms with Crippen LogP contribution in [0, 0.1) is 5.92 Å². The molecule has 5 heteroatoms. The summed E-state index contributed by atoms with van der Waals surface area (Å²) in [7, 11) is 0. The van der Waals surface area contributed by atoms with Crippen LogP contribution in [0.2, 0.25) is 5.02 Å². The number of carbonyl (C=O) groups is 1. The third kappa shape index (κ3) is 2.96. The Morgan fingerprint density at radius 3 is 2.71 bits per heavy atom. The molecule has 3 saturated heterocycles. The molecule has 3 fully saturated rings. The molecule has 4 atom stereocenters. The highest BCUT2D eigenvalue weighted by molar-refractivity contribution is 6.30. The van der Waals surface area contributed by atoms with E-state index in [0.29, 0.717) is 28.5 Å². The minimum Gasteiger partial charge on any atom is -0.451 e. The molecule has 1 aromatic carbocycles. The fraction of sp³-hybridized carbons (Fsp3) is 0.421. The quantitative estimate of drug-likeness (QED) is 0.920. The molecule has 2 bridgehead atoms. The second-order valence-electron chi connectivity index (χ2n) is 6.88. The van der Waals surface area contributed by atoms with Gasteiger partial charge in [0.2, 0.25) is 0 Å². The van der Waals surface area contributed by atoms with Crippen LogP contribution in [-0.4, -0.2) is 36.0 Å². The van der Waals surface area contributed by atoms with Crippen molar-refractivity contribution >= 4 is 17.5 Å². The Bertz CT molecular complexity index is 740. The monoisotopic (exact) mass is 344 g/mol. The zero-order chi connectivity index (χ0) is 16.7. The number of nitrogens with one attached hydrogen (secondary N) is 1. The van der Waals surface area contributed by atoms with Crippen LogP contribution < -0.4 is 5.32 Å². The van der Waals surface area contributed by atoms with Gasteiger partial charge in [0.05, 0.1) is 0 Å². The van der Waals surface area contributed by atoms with Gasteiger partial charge in [0.25, 0.3) is 5.91 Å².